The Kier molecular flexibility index (Phi) is 4.49. The van der Waals surface area contributed by atoms with Gasteiger partial charge >= 0.3 is 0 Å². The van der Waals surface area contributed by atoms with Gasteiger partial charge in [0, 0.05) is 15.9 Å². The first-order valence-corrected chi connectivity index (χ1v) is 9.21. The maximum Gasteiger partial charge on any atom is 0.255 e. The van der Waals surface area contributed by atoms with Crippen LogP contribution in [0.25, 0.3) is 0 Å². The molecule has 0 fully saturated rings. The first kappa shape index (κ1) is 17.4. The number of nitrogens with zero attached hydrogens (tertiary/aromatic N) is 4. The monoisotopic (exact) mass is 424 g/mol. The molecule has 0 bridgehead atoms. The fraction of sp³-hybridized carbons (Fsp3) is 0.158. The van der Waals surface area contributed by atoms with E-state index in [9.17, 15) is 4.79 Å². The van der Waals surface area contributed by atoms with Crippen LogP contribution in [0.15, 0.2) is 64.3 Å². The van der Waals surface area contributed by atoms with Gasteiger partial charge in [-0.15, -0.1) is 0 Å². The highest BCUT2D eigenvalue weighted by molar-refractivity contribution is 9.10. The number of allylic oxidation sites excluding steroid dienone is 1. The average Bonchev–Trinajstić information content (AvgIpc) is 3.08. The third-order valence-corrected chi connectivity index (χ3v) is 4.89. The van der Waals surface area contributed by atoms with Gasteiger partial charge in [0.15, 0.2) is 0 Å². The van der Waals surface area contributed by atoms with Crippen molar-refractivity contribution in [1.82, 2.24) is 20.2 Å². The van der Waals surface area contributed by atoms with Crippen LogP contribution in [0.5, 0.6) is 0 Å². The highest BCUT2D eigenvalue weighted by Gasteiger charge is 2.34. The number of aromatic nitrogens is 4. The maximum absolute atomic E-state index is 13.2. The van der Waals surface area contributed by atoms with E-state index in [1.54, 1.807) is 4.68 Å². The molecule has 0 aliphatic carbocycles. The molecule has 2 aromatic carbocycles. The fourth-order valence-corrected chi connectivity index (χ4v) is 3.63. The molecule has 2 N–H and O–H groups in total. The highest BCUT2D eigenvalue weighted by Crippen LogP contribution is 2.35. The van der Waals surface area contributed by atoms with Crippen molar-refractivity contribution in [3.05, 3.63) is 75.4 Å². The molecular weight excluding hydrogens is 408 g/mol. The lowest BCUT2D eigenvalue weighted by molar-refractivity contribution is -0.113. The lowest BCUT2D eigenvalue weighted by Crippen LogP contribution is -2.31. The average molecular weight is 425 g/mol. The van der Waals surface area contributed by atoms with Crippen molar-refractivity contribution in [2.24, 2.45) is 0 Å². The third kappa shape index (κ3) is 3.35. The Morgan fingerprint density at radius 3 is 2.78 bits per heavy atom. The second kappa shape index (κ2) is 6.96. The summed E-state index contributed by atoms with van der Waals surface area (Å²) in [5.41, 5.74) is 4.01. The van der Waals surface area contributed by atoms with Crippen molar-refractivity contribution < 1.29 is 4.79 Å². The number of hydrogen-bond acceptors (Lipinski definition) is 5. The number of fused-ring (bicyclic) bond motifs is 1. The van der Waals surface area contributed by atoms with E-state index in [0.29, 0.717) is 17.2 Å². The maximum atomic E-state index is 13.2. The van der Waals surface area contributed by atoms with Gasteiger partial charge in [-0.05, 0) is 59.7 Å². The topological polar surface area (TPSA) is 84.7 Å². The number of hydrogen-bond donors (Lipinski definition) is 2. The number of halogens is 1. The molecule has 4 rings (SSSR count). The standard InChI is InChI=1S/C19H17BrN6O/c1-11-5-3-8-15(9-11)22-18(27)16-12(2)21-19-23-24-25-26(19)17(16)13-6-4-7-14(20)10-13/h3-10,17H,1-2H3,(H,22,27)(H,21,23,25). The van der Waals surface area contributed by atoms with Crippen LogP contribution in [-0.2, 0) is 4.79 Å². The number of amides is 1. The SMILES string of the molecule is CC1=C(C(=O)Nc2cccc(C)c2)C(c2cccc(Br)c2)n2nnnc2N1. The van der Waals surface area contributed by atoms with Gasteiger partial charge in [-0.1, -0.05) is 45.3 Å². The van der Waals surface area contributed by atoms with Gasteiger partial charge in [-0.2, -0.15) is 4.68 Å². The second-order valence-corrected chi connectivity index (χ2v) is 7.31. The molecular formula is C19H17BrN6O. The number of aryl methyl sites for hydroxylation is 1. The zero-order valence-electron chi connectivity index (χ0n) is 14.8. The van der Waals surface area contributed by atoms with Crippen molar-refractivity contribution in [2.75, 3.05) is 10.6 Å². The molecule has 1 amide bonds. The Hall–Kier alpha value is -3.00. The number of rotatable bonds is 3. The van der Waals surface area contributed by atoms with Crippen LogP contribution in [0.2, 0.25) is 0 Å². The molecule has 8 heteroatoms. The summed E-state index contributed by atoms with van der Waals surface area (Å²) in [6.07, 6.45) is 0. The van der Waals surface area contributed by atoms with E-state index in [2.05, 4.69) is 42.1 Å². The number of tetrazole rings is 1. The van der Waals surface area contributed by atoms with E-state index >= 15 is 0 Å². The molecule has 136 valence electrons. The molecule has 2 heterocycles. The summed E-state index contributed by atoms with van der Waals surface area (Å²) in [5.74, 6) is 0.307. The van der Waals surface area contributed by atoms with Crippen molar-refractivity contribution >= 4 is 33.5 Å². The van der Waals surface area contributed by atoms with Gasteiger partial charge in [0.05, 0.1) is 5.57 Å². The highest BCUT2D eigenvalue weighted by atomic mass is 79.9. The normalized spacial score (nSPS) is 15.9. The van der Waals surface area contributed by atoms with Crippen LogP contribution in [-0.4, -0.2) is 26.1 Å². The molecule has 1 atom stereocenters. The summed E-state index contributed by atoms with van der Waals surface area (Å²) in [6, 6.07) is 15.1. The fourth-order valence-electron chi connectivity index (χ4n) is 3.21. The summed E-state index contributed by atoms with van der Waals surface area (Å²) in [6.45, 7) is 3.84. The second-order valence-electron chi connectivity index (χ2n) is 6.39. The first-order chi connectivity index (χ1) is 13.0. The number of benzene rings is 2. The van der Waals surface area contributed by atoms with Crippen molar-refractivity contribution in [2.45, 2.75) is 19.9 Å². The Bertz CT molecular complexity index is 1060. The summed E-state index contributed by atoms with van der Waals surface area (Å²) >= 11 is 3.50. The van der Waals surface area contributed by atoms with Gasteiger partial charge < -0.3 is 10.6 Å². The van der Waals surface area contributed by atoms with Crippen LogP contribution in [0.1, 0.15) is 24.1 Å². The summed E-state index contributed by atoms with van der Waals surface area (Å²) in [7, 11) is 0. The smallest absolute Gasteiger partial charge is 0.255 e. The van der Waals surface area contributed by atoms with E-state index in [-0.39, 0.29) is 5.91 Å². The van der Waals surface area contributed by atoms with E-state index < -0.39 is 6.04 Å². The molecule has 0 saturated heterocycles. The molecule has 1 aromatic heterocycles. The lowest BCUT2D eigenvalue weighted by Gasteiger charge is -2.28. The Morgan fingerprint density at radius 2 is 2.00 bits per heavy atom. The van der Waals surface area contributed by atoms with Gasteiger partial charge in [0.25, 0.3) is 5.91 Å². The molecule has 3 aromatic rings. The number of carbonyl (C=O) groups is 1. The minimum atomic E-state index is -0.432. The van der Waals surface area contributed by atoms with Gasteiger partial charge in [0.1, 0.15) is 6.04 Å². The number of nitrogens with one attached hydrogen (secondary N) is 2. The molecule has 7 nitrogen and oxygen atoms in total. The largest absolute Gasteiger partial charge is 0.326 e. The minimum absolute atomic E-state index is 0.197. The molecule has 27 heavy (non-hydrogen) atoms. The van der Waals surface area contributed by atoms with Gasteiger partial charge in [-0.3, -0.25) is 4.79 Å². The van der Waals surface area contributed by atoms with Crippen LogP contribution in [0.4, 0.5) is 11.6 Å². The van der Waals surface area contributed by atoms with E-state index in [4.69, 9.17) is 0 Å². The van der Waals surface area contributed by atoms with Crippen molar-refractivity contribution in [1.29, 1.82) is 0 Å². The zero-order valence-corrected chi connectivity index (χ0v) is 16.4. The Balaban J connectivity index is 1.77. The molecule has 1 aliphatic rings. The van der Waals surface area contributed by atoms with Crippen LogP contribution in [0.3, 0.4) is 0 Å². The number of carbonyl (C=O) groups excluding carboxylic acids is 1. The van der Waals surface area contributed by atoms with Crippen molar-refractivity contribution in [3.63, 3.8) is 0 Å². The predicted molar refractivity (Wildman–Crippen MR) is 106 cm³/mol. The van der Waals surface area contributed by atoms with E-state index in [1.165, 1.54) is 0 Å². The molecule has 0 radical (unpaired) electrons. The molecule has 1 aliphatic heterocycles. The van der Waals surface area contributed by atoms with Crippen molar-refractivity contribution in [3.8, 4) is 0 Å². The van der Waals surface area contributed by atoms with E-state index in [0.717, 1.165) is 21.3 Å². The van der Waals surface area contributed by atoms with E-state index in [1.807, 2.05) is 62.4 Å². The Labute approximate surface area is 164 Å². The number of anilines is 2. The summed E-state index contributed by atoms with van der Waals surface area (Å²) in [5, 5.41) is 18.0. The minimum Gasteiger partial charge on any atom is -0.326 e. The Morgan fingerprint density at radius 1 is 1.19 bits per heavy atom. The first-order valence-electron chi connectivity index (χ1n) is 8.42. The molecule has 1 unspecified atom stereocenters. The molecule has 0 saturated carbocycles. The third-order valence-electron chi connectivity index (χ3n) is 4.40. The van der Waals surface area contributed by atoms with Crippen LogP contribution < -0.4 is 10.6 Å². The molecule has 0 spiro atoms. The van der Waals surface area contributed by atoms with Crippen LogP contribution >= 0.6 is 15.9 Å². The van der Waals surface area contributed by atoms with Gasteiger partial charge in [-0.25, -0.2) is 0 Å². The van der Waals surface area contributed by atoms with Crippen LogP contribution in [0, 0.1) is 6.92 Å². The quantitative estimate of drug-likeness (QED) is 0.669. The van der Waals surface area contributed by atoms with Gasteiger partial charge in [0.2, 0.25) is 5.95 Å². The summed E-state index contributed by atoms with van der Waals surface area (Å²) < 4.78 is 2.55. The predicted octanol–water partition coefficient (Wildman–Crippen LogP) is 3.67. The lowest BCUT2D eigenvalue weighted by atomic mass is 9.95. The summed E-state index contributed by atoms with van der Waals surface area (Å²) in [4.78, 5) is 13.2. The zero-order chi connectivity index (χ0) is 19.0.